The fourth-order valence-electron chi connectivity index (χ4n) is 5.48. The largest absolute Gasteiger partial charge is 0.481 e. The molecule has 0 heterocycles. The van der Waals surface area contributed by atoms with Crippen molar-refractivity contribution in [2.45, 2.75) is 38.6 Å². The molecule has 0 fully saturated rings. The molecule has 3 atom stereocenters. The van der Waals surface area contributed by atoms with Gasteiger partial charge < -0.3 is 20.4 Å². The topological polar surface area (TPSA) is 107 Å². The van der Waals surface area contributed by atoms with E-state index in [0.717, 1.165) is 27.8 Å². The summed E-state index contributed by atoms with van der Waals surface area (Å²) in [5.41, 5.74) is 4.64. The van der Waals surface area contributed by atoms with Gasteiger partial charge in [0.1, 0.15) is 6.04 Å². The Hall–Kier alpha value is -4.91. The number of carbonyl (C=O) groups is 3. The highest BCUT2D eigenvalue weighted by Gasteiger charge is 2.34. The van der Waals surface area contributed by atoms with Crippen molar-refractivity contribution in [3.63, 3.8) is 0 Å². The summed E-state index contributed by atoms with van der Waals surface area (Å²) in [7, 11) is 0. The van der Waals surface area contributed by atoms with Gasteiger partial charge in [-0.25, -0.2) is 9.59 Å². The van der Waals surface area contributed by atoms with Crippen LogP contribution in [0.1, 0.15) is 36.5 Å². The van der Waals surface area contributed by atoms with E-state index in [1.165, 1.54) is 4.90 Å². The Labute approximate surface area is 259 Å². The Morgan fingerprint density at radius 1 is 0.636 bits per heavy atom. The van der Waals surface area contributed by atoms with Gasteiger partial charge in [0.25, 0.3) is 0 Å². The van der Waals surface area contributed by atoms with Crippen molar-refractivity contribution in [3.8, 4) is 11.1 Å². The molecule has 4 aromatic rings. The minimum absolute atomic E-state index is 0.0424. The Morgan fingerprint density at radius 3 is 1.64 bits per heavy atom. The van der Waals surface area contributed by atoms with Crippen molar-refractivity contribution in [2.24, 2.45) is 11.8 Å². The first kappa shape index (κ1) is 32.0. The number of rotatable bonds is 14. The molecule has 0 saturated heterocycles. The van der Waals surface area contributed by atoms with Gasteiger partial charge in [-0.05, 0) is 46.6 Å². The SMILES string of the molecule is CC(C)CN(C[C@H](Cc1ccccc1)C(=O)O)C(=O)N[C@H](C(=O)O)C(Cc1ccccc1)c1ccc(-c2ccccc2)cc1. The predicted octanol–water partition coefficient (Wildman–Crippen LogP) is 6.74. The van der Waals surface area contributed by atoms with Crippen LogP contribution >= 0.6 is 0 Å². The van der Waals surface area contributed by atoms with Crippen molar-refractivity contribution in [2.75, 3.05) is 13.1 Å². The van der Waals surface area contributed by atoms with Crippen LogP contribution in [0.3, 0.4) is 0 Å². The number of amides is 2. The van der Waals surface area contributed by atoms with Gasteiger partial charge in [-0.15, -0.1) is 0 Å². The number of carboxylic acids is 2. The van der Waals surface area contributed by atoms with Gasteiger partial charge in [0.15, 0.2) is 0 Å². The lowest BCUT2D eigenvalue weighted by molar-refractivity contribution is -0.142. The molecule has 1 unspecified atom stereocenters. The molecule has 0 aliphatic rings. The molecule has 0 aliphatic carbocycles. The predicted molar refractivity (Wildman–Crippen MR) is 172 cm³/mol. The number of carboxylic acid groups (broad SMARTS) is 2. The molecule has 0 aliphatic heterocycles. The summed E-state index contributed by atoms with van der Waals surface area (Å²) in [6, 6.07) is 34.7. The number of hydrogen-bond donors (Lipinski definition) is 3. The van der Waals surface area contributed by atoms with Crippen molar-refractivity contribution < 1.29 is 24.6 Å². The fourth-order valence-corrected chi connectivity index (χ4v) is 5.48. The molecule has 0 spiro atoms. The molecular weight excluding hydrogens is 552 g/mol. The third kappa shape index (κ3) is 9.04. The first-order chi connectivity index (χ1) is 21.2. The maximum Gasteiger partial charge on any atom is 0.326 e. The van der Waals surface area contributed by atoms with Crippen molar-refractivity contribution >= 4 is 18.0 Å². The number of nitrogens with zero attached hydrogens (tertiary/aromatic N) is 1. The van der Waals surface area contributed by atoms with Crippen molar-refractivity contribution in [1.82, 2.24) is 10.2 Å². The second-order valence-electron chi connectivity index (χ2n) is 11.6. The Morgan fingerprint density at radius 2 is 1.14 bits per heavy atom. The average Bonchev–Trinajstić information content (AvgIpc) is 3.03. The second kappa shape index (κ2) is 15.5. The van der Waals surface area contributed by atoms with E-state index in [4.69, 9.17) is 0 Å². The minimum atomic E-state index is -1.25. The molecule has 228 valence electrons. The van der Waals surface area contributed by atoms with Crippen LogP contribution in [0.15, 0.2) is 115 Å². The van der Waals surface area contributed by atoms with E-state index < -0.39 is 35.8 Å². The zero-order valence-electron chi connectivity index (χ0n) is 25.2. The van der Waals surface area contributed by atoms with Gasteiger partial charge in [0.05, 0.1) is 5.92 Å². The van der Waals surface area contributed by atoms with Crippen LogP contribution in [0.5, 0.6) is 0 Å². The fraction of sp³-hybridized carbons (Fsp3) is 0.270. The lowest BCUT2D eigenvalue weighted by atomic mass is 9.85. The van der Waals surface area contributed by atoms with E-state index in [9.17, 15) is 24.6 Å². The number of carbonyl (C=O) groups excluding carboxylic acids is 1. The molecule has 0 radical (unpaired) electrons. The molecule has 4 rings (SSSR count). The van der Waals surface area contributed by atoms with E-state index in [1.54, 1.807) is 0 Å². The quantitative estimate of drug-likeness (QED) is 0.150. The molecule has 0 bridgehead atoms. The first-order valence-electron chi connectivity index (χ1n) is 15.0. The molecule has 3 N–H and O–H groups in total. The summed E-state index contributed by atoms with van der Waals surface area (Å²) in [6.45, 7) is 4.12. The van der Waals surface area contributed by atoms with Gasteiger partial charge in [-0.3, -0.25) is 4.79 Å². The number of urea groups is 1. The summed E-state index contributed by atoms with van der Waals surface area (Å²) in [5, 5.41) is 23.3. The maximum absolute atomic E-state index is 13.8. The highest BCUT2D eigenvalue weighted by molar-refractivity contribution is 5.84. The number of nitrogens with one attached hydrogen (secondary N) is 1. The lowest BCUT2D eigenvalue weighted by Gasteiger charge is -2.31. The Balaban J connectivity index is 1.62. The standard InChI is InChI=1S/C37H40N2O5/c1-26(2)24-39(25-32(35(40)41)22-27-12-6-3-7-13-27)37(44)38-34(36(42)43)33(23-28-14-8-4-9-15-28)31-20-18-30(19-21-31)29-16-10-5-11-17-29/h3-21,26,32-34H,22-25H2,1-2H3,(H,38,44)(H,40,41)(H,42,43)/t32-,33?,34-/m0/s1. The van der Waals surface area contributed by atoms with E-state index in [0.29, 0.717) is 6.42 Å². The number of aliphatic carboxylic acids is 2. The van der Waals surface area contributed by atoms with Crippen LogP contribution in [-0.4, -0.2) is 52.2 Å². The third-order valence-corrected chi connectivity index (χ3v) is 7.68. The van der Waals surface area contributed by atoms with Gasteiger partial charge in [0, 0.05) is 19.0 Å². The van der Waals surface area contributed by atoms with Crippen LogP contribution in [0.2, 0.25) is 0 Å². The normalized spacial score (nSPS) is 13.1. The third-order valence-electron chi connectivity index (χ3n) is 7.68. The summed E-state index contributed by atoms with van der Waals surface area (Å²) < 4.78 is 0. The summed E-state index contributed by atoms with van der Waals surface area (Å²) >= 11 is 0. The van der Waals surface area contributed by atoms with Gasteiger partial charge in [0.2, 0.25) is 0 Å². The molecule has 0 saturated carbocycles. The number of hydrogen-bond acceptors (Lipinski definition) is 3. The average molecular weight is 593 g/mol. The van der Waals surface area contributed by atoms with Crippen LogP contribution in [0.4, 0.5) is 4.79 Å². The second-order valence-corrected chi connectivity index (χ2v) is 11.6. The first-order valence-corrected chi connectivity index (χ1v) is 15.0. The van der Waals surface area contributed by atoms with E-state index in [2.05, 4.69) is 5.32 Å². The zero-order chi connectivity index (χ0) is 31.5. The molecule has 4 aromatic carbocycles. The molecule has 0 aromatic heterocycles. The van der Waals surface area contributed by atoms with Crippen LogP contribution in [-0.2, 0) is 22.4 Å². The van der Waals surface area contributed by atoms with Crippen molar-refractivity contribution in [1.29, 1.82) is 0 Å². The van der Waals surface area contributed by atoms with Crippen LogP contribution in [0, 0.1) is 11.8 Å². The highest BCUT2D eigenvalue weighted by Crippen LogP contribution is 2.28. The molecule has 7 nitrogen and oxygen atoms in total. The molecule has 2 amide bonds. The Kier molecular flexibility index (Phi) is 11.3. The van der Waals surface area contributed by atoms with Crippen LogP contribution < -0.4 is 5.32 Å². The maximum atomic E-state index is 13.8. The van der Waals surface area contributed by atoms with Gasteiger partial charge >= 0.3 is 18.0 Å². The minimum Gasteiger partial charge on any atom is -0.481 e. The highest BCUT2D eigenvalue weighted by atomic mass is 16.4. The monoisotopic (exact) mass is 592 g/mol. The smallest absolute Gasteiger partial charge is 0.326 e. The summed E-state index contributed by atoms with van der Waals surface area (Å²) in [4.78, 5) is 40.3. The van der Waals surface area contributed by atoms with Gasteiger partial charge in [-0.2, -0.15) is 0 Å². The molecule has 44 heavy (non-hydrogen) atoms. The summed E-state index contributed by atoms with van der Waals surface area (Å²) in [5.74, 6) is -3.55. The van der Waals surface area contributed by atoms with Crippen LogP contribution in [0.25, 0.3) is 11.1 Å². The number of benzene rings is 4. The van der Waals surface area contributed by atoms with E-state index >= 15 is 0 Å². The summed E-state index contributed by atoms with van der Waals surface area (Å²) in [6.07, 6.45) is 0.642. The van der Waals surface area contributed by atoms with E-state index in [-0.39, 0.29) is 25.4 Å². The molecular formula is C37H40N2O5. The van der Waals surface area contributed by atoms with Crippen molar-refractivity contribution in [3.05, 3.63) is 132 Å². The Bertz CT molecular complexity index is 1490. The zero-order valence-corrected chi connectivity index (χ0v) is 25.2. The molecule has 7 heteroatoms. The lowest BCUT2D eigenvalue weighted by Crippen LogP contribution is -2.53. The van der Waals surface area contributed by atoms with E-state index in [1.807, 2.05) is 129 Å². The van der Waals surface area contributed by atoms with Gasteiger partial charge in [-0.1, -0.05) is 129 Å².